The van der Waals surface area contributed by atoms with Crippen LogP contribution in [0.2, 0.25) is 0 Å². The van der Waals surface area contributed by atoms with Crippen LogP contribution in [0.25, 0.3) is 10.9 Å². The van der Waals surface area contributed by atoms with E-state index in [0.717, 1.165) is 25.3 Å². The molecular formula is C17H17BrN2O2S. The third-order valence-corrected chi connectivity index (χ3v) is 5.34. The average molecular weight is 393 g/mol. The van der Waals surface area contributed by atoms with E-state index in [4.69, 9.17) is 4.74 Å². The van der Waals surface area contributed by atoms with E-state index in [1.165, 1.54) is 0 Å². The summed E-state index contributed by atoms with van der Waals surface area (Å²) >= 11 is 5.10. The summed E-state index contributed by atoms with van der Waals surface area (Å²) in [5.74, 6) is 0.907. The molecule has 0 atom stereocenters. The van der Waals surface area contributed by atoms with Crippen LogP contribution in [0.4, 0.5) is 0 Å². The number of halogens is 1. The number of carbonyl (C=O) groups is 1. The highest BCUT2D eigenvalue weighted by Gasteiger charge is 2.12. The number of likely N-dealkylation sites (N-methyl/N-ethyl adjacent to an activating group) is 1. The van der Waals surface area contributed by atoms with Gasteiger partial charge in [-0.2, -0.15) is 0 Å². The Labute approximate surface area is 147 Å². The van der Waals surface area contributed by atoms with Crippen LogP contribution in [0.3, 0.4) is 0 Å². The zero-order valence-electron chi connectivity index (χ0n) is 13.0. The van der Waals surface area contributed by atoms with E-state index >= 15 is 0 Å². The number of benzene rings is 1. The van der Waals surface area contributed by atoms with E-state index < -0.39 is 0 Å². The zero-order valence-corrected chi connectivity index (χ0v) is 15.4. The minimum Gasteiger partial charge on any atom is -0.497 e. The summed E-state index contributed by atoms with van der Waals surface area (Å²) in [6, 6.07) is 11.9. The number of rotatable bonds is 5. The van der Waals surface area contributed by atoms with Crippen LogP contribution < -0.4 is 4.74 Å². The zero-order chi connectivity index (χ0) is 16.4. The Morgan fingerprint density at radius 2 is 2.13 bits per heavy atom. The summed E-state index contributed by atoms with van der Waals surface area (Å²) in [4.78, 5) is 15.4. The number of methoxy groups -OCH3 is 1. The molecule has 0 unspecified atom stereocenters. The fourth-order valence-corrected chi connectivity index (χ4v) is 4.00. The first-order valence-electron chi connectivity index (χ1n) is 7.18. The van der Waals surface area contributed by atoms with E-state index in [1.54, 1.807) is 23.3 Å². The predicted octanol–water partition coefficient (Wildman–Crippen LogP) is 4.13. The number of fused-ring (bicyclic) bond motifs is 1. The smallest absolute Gasteiger partial charge is 0.242 e. The summed E-state index contributed by atoms with van der Waals surface area (Å²) in [7, 11) is 3.49. The highest BCUT2D eigenvalue weighted by atomic mass is 79.9. The molecule has 2 heterocycles. The van der Waals surface area contributed by atoms with Gasteiger partial charge in [0, 0.05) is 29.0 Å². The van der Waals surface area contributed by atoms with E-state index in [2.05, 4.69) is 15.9 Å². The molecule has 0 N–H and O–H groups in total. The lowest BCUT2D eigenvalue weighted by Gasteiger charge is -2.17. The summed E-state index contributed by atoms with van der Waals surface area (Å²) in [5, 5.41) is 1.07. The predicted molar refractivity (Wildman–Crippen MR) is 97.0 cm³/mol. The molecule has 120 valence electrons. The van der Waals surface area contributed by atoms with Crippen molar-refractivity contribution in [2.45, 2.75) is 13.1 Å². The largest absolute Gasteiger partial charge is 0.497 e. The number of hydrogen-bond acceptors (Lipinski definition) is 3. The lowest BCUT2D eigenvalue weighted by Crippen LogP contribution is -2.29. The molecule has 0 aliphatic heterocycles. The number of carbonyl (C=O) groups excluding carboxylic acids is 1. The van der Waals surface area contributed by atoms with Crippen LogP contribution in [-0.2, 0) is 17.9 Å². The topological polar surface area (TPSA) is 34.5 Å². The number of amides is 1. The highest BCUT2D eigenvalue weighted by molar-refractivity contribution is 9.11. The third-order valence-electron chi connectivity index (χ3n) is 3.73. The number of nitrogens with zero attached hydrogens (tertiary/aromatic N) is 2. The second-order valence-corrected chi connectivity index (χ2v) is 7.87. The van der Waals surface area contributed by atoms with Crippen molar-refractivity contribution < 1.29 is 9.53 Å². The van der Waals surface area contributed by atoms with Crippen molar-refractivity contribution in [2.75, 3.05) is 14.2 Å². The average Bonchev–Trinajstić information content (AvgIpc) is 3.13. The standard InChI is InChI=1S/C17H17BrN2O2S/c1-19(10-14-4-6-16(18)23-14)17(21)11-20-8-7-12-9-13(22-2)3-5-15(12)20/h3-9H,10-11H2,1-2H3. The van der Waals surface area contributed by atoms with Gasteiger partial charge in [-0.05, 0) is 52.3 Å². The third kappa shape index (κ3) is 3.59. The fraction of sp³-hybridized carbons (Fsp3) is 0.235. The van der Waals surface area contributed by atoms with Gasteiger partial charge in [0.15, 0.2) is 0 Å². The molecule has 6 heteroatoms. The van der Waals surface area contributed by atoms with Gasteiger partial charge in [0.2, 0.25) is 5.91 Å². The summed E-state index contributed by atoms with van der Waals surface area (Å²) < 4.78 is 8.28. The van der Waals surface area contributed by atoms with Crippen LogP contribution in [0.1, 0.15) is 4.88 Å². The van der Waals surface area contributed by atoms with Gasteiger partial charge in [0.05, 0.1) is 17.4 Å². The van der Waals surface area contributed by atoms with Gasteiger partial charge in [-0.25, -0.2) is 0 Å². The molecule has 0 saturated carbocycles. The molecule has 1 amide bonds. The Bertz CT molecular complexity index is 840. The van der Waals surface area contributed by atoms with E-state index in [9.17, 15) is 4.79 Å². The van der Waals surface area contributed by atoms with Crippen molar-refractivity contribution >= 4 is 44.1 Å². The molecule has 0 saturated heterocycles. The summed E-state index contributed by atoms with van der Waals surface area (Å²) in [5.41, 5.74) is 1.03. The Kier molecular flexibility index (Phi) is 4.73. The lowest BCUT2D eigenvalue weighted by molar-refractivity contribution is -0.130. The molecule has 4 nitrogen and oxygen atoms in total. The van der Waals surface area contributed by atoms with Crippen LogP contribution in [0.15, 0.2) is 46.4 Å². The first-order chi connectivity index (χ1) is 11.1. The van der Waals surface area contributed by atoms with Crippen LogP contribution >= 0.6 is 27.3 Å². The molecule has 23 heavy (non-hydrogen) atoms. The Balaban J connectivity index is 1.72. The molecular weight excluding hydrogens is 376 g/mol. The summed E-state index contributed by atoms with van der Waals surface area (Å²) in [6.45, 7) is 0.959. The molecule has 0 bridgehead atoms. The molecule has 0 radical (unpaired) electrons. The van der Waals surface area contributed by atoms with Crippen molar-refractivity contribution in [1.82, 2.24) is 9.47 Å². The van der Waals surface area contributed by atoms with E-state index in [-0.39, 0.29) is 5.91 Å². The quantitative estimate of drug-likeness (QED) is 0.653. The minimum atomic E-state index is 0.0860. The van der Waals surface area contributed by atoms with Gasteiger partial charge >= 0.3 is 0 Å². The SMILES string of the molecule is COc1ccc2c(ccn2CC(=O)N(C)Cc2ccc(Br)s2)c1. The highest BCUT2D eigenvalue weighted by Crippen LogP contribution is 2.24. The first-order valence-corrected chi connectivity index (χ1v) is 8.79. The van der Waals surface area contributed by atoms with Gasteiger partial charge in [0.25, 0.3) is 0 Å². The minimum absolute atomic E-state index is 0.0860. The lowest BCUT2D eigenvalue weighted by atomic mass is 10.2. The molecule has 1 aromatic carbocycles. The van der Waals surface area contributed by atoms with Gasteiger partial charge in [-0.15, -0.1) is 11.3 Å². The van der Waals surface area contributed by atoms with Gasteiger partial charge in [-0.3, -0.25) is 4.79 Å². The molecule has 3 aromatic rings. The van der Waals surface area contributed by atoms with E-state index in [0.29, 0.717) is 13.1 Å². The Morgan fingerprint density at radius 3 is 2.83 bits per heavy atom. The van der Waals surface area contributed by atoms with Gasteiger partial charge in [0.1, 0.15) is 12.3 Å². The second-order valence-electron chi connectivity index (χ2n) is 5.32. The number of thiophene rings is 1. The Morgan fingerprint density at radius 1 is 1.30 bits per heavy atom. The van der Waals surface area contributed by atoms with Gasteiger partial charge < -0.3 is 14.2 Å². The Hall–Kier alpha value is -1.79. The number of aromatic nitrogens is 1. The number of ether oxygens (including phenoxy) is 1. The van der Waals surface area contributed by atoms with Gasteiger partial charge in [-0.1, -0.05) is 0 Å². The fourth-order valence-electron chi connectivity index (χ4n) is 2.47. The van der Waals surface area contributed by atoms with Crippen molar-refractivity contribution in [3.05, 3.63) is 51.3 Å². The molecule has 0 fully saturated rings. The van der Waals surface area contributed by atoms with Crippen LogP contribution in [0, 0.1) is 0 Å². The monoisotopic (exact) mass is 392 g/mol. The molecule has 0 aliphatic rings. The maximum Gasteiger partial charge on any atom is 0.242 e. The van der Waals surface area contributed by atoms with Crippen LogP contribution in [0.5, 0.6) is 5.75 Å². The van der Waals surface area contributed by atoms with E-state index in [1.807, 2.05) is 54.2 Å². The molecule has 0 aliphatic carbocycles. The van der Waals surface area contributed by atoms with Crippen molar-refractivity contribution in [3.8, 4) is 5.75 Å². The maximum atomic E-state index is 12.5. The normalized spacial score (nSPS) is 10.9. The molecule has 3 rings (SSSR count). The number of hydrogen-bond donors (Lipinski definition) is 0. The molecule has 0 spiro atoms. The molecule has 2 aromatic heterocycles. The van der Waals surface area contributed by atoms with Crippen molar-refractivity contribution in [1.29, 1.82) is 0 Å². The van der Waals surface area contributed by atoms with Crippen LogP contribution in [-0.4, -0.2) is 29.5 Å². The maximum absolute atomic E-state index is 12.5. The first kappa shape index (κ1) is 16.1. The van der Waals surface area contributed by atoms with Crippen molar-refractivity contribution in [3.63, 3.8) is 0 Å². The van der Waals surface area contributed by atoms with Crippen molar-refractivity contribution in [2.24, 2.45) is 0 Å². The second kappa shape index (κ2) is 6.76. The summed E-state index contributed by atoms with van der Waals surface area (Å²) in [6.07, 6.45) is 1.94.